The van der Waals surface area contributed by atoms with Gasteiger partial charge in [0.2, 0.25) is 6.79 Å². The summed E-state index contributed by atoms with van der Waals surface area (Å²) in [6.07, 6.45) is 0.163. The molecule has 1 amide bonds. The van der Waals surface area contributed by atoms with Crippen molar-refractivity contribution in [2.24, 2.45) is 0 Å². The lowest BCUT2D eigenvalue weighted by Crippen LogP contribution is -2.43. The van der Waals surface area contributed by atoms with Gasteiger partial charge in [0, 0.05) is 38.3 Å². The zero-order chi connectivity index (χ0) is 18.4. The minimum atomic E-state index is -0.333. The van der Waals surface area contributed by atoms with Gasteiger partial charge in [-0.25, -0.2) is 0 Å². The Labute approximate surface area is 152 Å². The van der Waals surface area contributed by atoms with E-state index in [0.29, 0.717) is 43.4 Å². The van der Waals surface area contributed by atoms with Crippen molar-refractivity contribution in [1.29, 1.82) is 0 Å². The molecule has 0 spiro atoms. The number of fused-ring (bicyclic) bond motifs is 1. The Hall–Kier alpha value is -2.32. The Bertz CT molecular complexity index is 645. The fraction of sp³-hybridized carbons (Fsp3) is 0.556. The van der Waals surface area contributed by atoms with Crippen LogP contribution in [0.4, 0.5) is 0 Å². The van der Waals surface area contributed by atoms with Crippen LogP contribution in [0.15, 0.2) is 18.2 Å². The molecule has 3 rings (SSSR count). The summed E-state index contributed by atoms with van der Waals surface area (Å²) in [4.78, 5) is 28.4. The number of benzene rings is 1. The predicted octanol–water partition coefficient (Wildman–Crippen LogP) is 0.753. The van der Waals surface area contributed by atoms with E-state index in [1.165, 1.54) is 7.11 Å². The number of rotatable bonds is 7. The van der Waals surface area contributed by atoms with Gasteiger partial charge >= 0.3 is 5.97 Å². The normalized spacial score (nSPS) is 16.3. The summed E-state index contributed by atoms with van der Waals surface area (Å²) in [5, 5.41) is 0. The maximum Gasteiger partial charge on any atom is 0.307 e. The lowest BCUT2D eigenvalue weighted by atomic mass is 10.1. The van der Waals surface area contributed by atoms with Gasteiger partial charge in [0.1, 0.15) is 0 Å². The third-order valence-electron chi connectivity index (χ3n) is 4.51. The van der Waals surface area contributed by atoms with Crippen molar-refractivity contribution in [3.05, 3.63) is 23.8 Å². The number of carbonyl (C=O) groups excluding carboxylic acids is 2. The standard InChI is InChI=1S/C18H24N2O6/c1-23-17(21)4-5-20(7-6-19-8-10-24-11-9-19)18(22)14-2-3-15-16(12-14)26-13-25-15/h2-3,12H,4-11,13H2,1H3. The molecule has 1 fully saturated rings. The van der Waals surface area contributed by atoms with Crippen molar-refractivity contribution in [3.8, 4) is 11.5 Å². The van der Waals surface area contributed by atoms with E-state index in [0.717, 1.165) is 19.6 Å². The molecule has 0 N–H and O–H groups in total. The molecule has 0 bridgehead atoms. The van der Waals surface area contributed by atoms with Gasteiger partial charge in [0.25, 0.3) is 5.91 Å². The molecule has 2 heterocycles. The van der Waals surface area contributed by atoms with Gasteiger partial charge in [0.15, 0.2) is 11.5 Å². The highest BCUT2D eigenvalue weighted by Crippen LogP contribution is 2.32. The van der Waals surface area contributed by atoms with Crippen LogP contribution < -0.4 is 9.47 Å². The summed E-state index contributed by atoms with van der Waals surface area (Å²) >= 11 is 0. The number of methoxy groups -OCH3 is 1. The summed E-state index contributed by atoms with van der Waals surface area (Å²) < 4.78 is 20.7. The lowest BCUT2D eigenvalue weighted by Gasteiger charge is -2.30. The van der Waals surface area contributed by atoms with E-state index in [9.17, 15) is 9.59 Å². The summed E-state index contributed by atoms with van der Waals surface area (Å²) in [7, 11) is 1.35. The maximum absolute atomic E-state index is 13.0. The molecular formula is C18H24N2O6. The molecule has 8 heteroatoms. The minimum absolute atomic E-state index is 0.138. The van der Waals surface area contributed by atoms with Crippen LogP contribution in [0.2, 0.25) is 0 Å². The van der Waals surface area contributed by atoms with E-state index in [2.05, 4.69) is 4.90 Å². The highest BCUT2D eigenvalue weighted by Gasteiger charge is 2.22. The Kier molecular flexibility index (Phi) is 6.30. The van der Waals surface area contributed by atoms with Crippen LogP contribution in [0.3, 0.4) is 0 Å². The second-order valence-electron chi connectivity index (χ2n) is 6.14. The van der Waals surface area contributed by atoms with Gasteiger partial charge in [-0.15, -0.1) is 0 Å². The van der Waals surface area contributed by atoms with Gasteiger partial charge in [-0.2, -0.15) is 0 Å². The number of carbonyl (C=O) groups is 2. The first-order chi connectivity index (χ1) is 12.7. The van der Waals surface area contributed by atoms with E-state index < -0.39 is 0 Å². The first-order valence-corrected chi connectivity index (χ1v) is 8.73. The van der Waals surface area contributed by atoms with E-state index in [-0.39, 0.29) is 25.1 Å². The van der Waals surface area contributed by atoms with E-state index in [1.807, 2.05) is 0 Å². The topological polar surface area (TPSA) is 77.5 Å². The van der Waals surface area contributed by atoms with Crippen LogP contribution in [0, 0.1) is 0 Å². The van der Waals surface area contributed by atoms with Gasteiger partial charge in [-0.1, -0.05) is 0 Å². The van der Waals surface area contributed by atoms with Crippen LogP contribution in [-0.4, -0.2) is 81.5 Å². The monoisotopic (exact) mass is 364 g/mol. The van der Waals surface area contributed by atoms with Crippen molar-refractivity contribution < 1.29 is 28.5 Å². The molecule has 142 valence electrons. The quantitative estimate of drug-likeness (QED) is 0.661. The first-order valence-electron chi connectivity index (χ1n) is 8.73. The third-order valence-corrected chi connectivity index (χ3v) is 4.51. The summed E-state index contributed by atoms with van der Waals surface area (Å²) in [6.45, 7) is 4.86. The third kappa shape index (κ3) is 4.64. The average Bonchev–Trinajstić information content (AvgIpc) is 3.16. The number of hydrogen-bond acceptors (Lipinski definition) is 7. The Balaban J connectivity index is 1.66. The number of esters is 1. The van der Waals surface area contributed by atoms with Crippen molar-refractivity contribution in [2.45, 2.75) is 6.42 Å². The molecule has 2 aliphatic heterocycles. The summed E-state index contributed by atoms with van der Waals surface area (Å²) in [5.41, 5.74) is 0.515. The highest BCUT2D eigenvalue weighted by atomic mass is 16.7. The smallest absolute Gasteiger partial charge is 0.307 e. The molecule has 1 aromatic carbocycles. The Morgan fingerprint density at radius 3 is 2.69 bits per heavy atom. The van der Waals surface area contributed by atoms with Gasteiger partial charge in [0.05, 0.1) is 26.7 Å². The average molecular weight is 364 g/mol. The molecule has 0 atom stereocenters. The van der Waals surface area contributed by atoms with Crippen molar-refractivity contribution in [2.75, 3.05) is 59.8 Å². The van der Waals surface area contributed by atoms with Crippen LogP contribution in [0.5, 0.6) is 11.5 Å². The van der Waals surface area contributed by atoms with Crippen molar-refractivity contribution in [3.63, 3.8) is 0 Å². The molecule has 2 aliphatic rings. The maximum atomic E-state index is 13.0. The zero-order valence-electron chi connectivity index (χ0n) is 14.9. The molecule has 0 radical (unpaired) electrons. The Morgan fingerprint density at radius 2 is 1.92 bits per heavy atom. The molecular weight excluding hydrogens is 340 g/mol. The van der Waals surface area contributed by atoms with E-state index in [1.54, 1.807) is 23.1 Å². The molecule has 8 nitrogen and oxygen atoms in total. The molecule has 0 saturated carbocycles. The van der Waals surface area contributed by atoms with Crippen LogP contribution in [0.25, 0.3) is 0 Å². The Morgan fingerprint density at radius 1 is 1.15 bits per heavy atom. The fourth-order valence-electron chi connectivity index (χ4n) is 2.94. The van der Waals surface area contributed by atoms with Gasteiger partial charge in [-0.05, 0) is 18.2 Å². The van der Waals surface area contributed by atoms with Crippen LogP contribution in [-0.2, 0) is 14.3 Å². The lowest BCUT2D eigenvalue weighted by molar-refractivity contribution is -0.140. The van der Waals surface area contributed by atoms with Crippen LogP contribution >= 0.6 is 0 Å². The SMILES string of the molecule is COC(=O)CCN(CCN1CCOCC1)C(=O)c1ccc2c(c1)OCO2. The zero-order valence-corrected chi connectivity index (χ0v) is 14.9. The summed E-state index contributed by atoms with van der Waals surface area (Å²) in [6, 6.07) is 5.14. The largest absolute Gasteiger partial charge is 0.469 e. The van der Waals surface area contributed by atoms with E-state index in [4.69, 9.17) is 18.9 Å². The molecule has 0 aromatic heterocycles. The van der Waals surface area contributed by atoms with Crippen LogP contribution in [0.1, 0.15) is 16.8 Å². The summed E-state index contributed by atoms with van der Waals surface area (Å²) in [5.74, 6) is 0.730. The number of amides is 1. The number of nitrogens with zero attached hydrogens (tertiary/aromatic N) is 2. The number of morpholine rings is 1. The van der Waals surface area contributed by atoms with Crippen molar-refractivity contribution >= 4 is 11.9 Å². The fourth-order valence-corrected chi connectivity index (χ4v) is 2.94. The van der Waals surface area contributed by atoms with E-state index >= 15 is 0 Å². The van der Waals surface area contributed by atoms with Crippen molar-refractivity contribution in [1.82, 2.24) is 9.80 Å². The predicted molar refractivity (Wildman–Crippen MR) is 92.4 cm³/mol. The second-order valence-corrected chi connectivity index (χ2v) is 6.14. The van der Waals surface area contributed by atoms with Gasteiger partial charge in [-0.3, -0.25) is 14.5 Å². The molecule has 0 unspecified atom stereocenters. The first kappa shape index (κ1) is 18.5. The number of hydrogen-bond donors (Lipinski definition) is 0. The number of ether oxygens (including phenoxy) is 4. The highest BCUT2D eigenvalue weighted by molar-refractivity contribution is 5.95. The molecule has 1 saturated heterocycles. The molecule has 26 heavy (non-hydrogen) atoms. The molecule has 1 aromatic rings. The minimum Gasteiger partial charge on any atom is -0.469 e. The van der Waals surface area contributed by atoms with Gasteiger partial charge < -0.3 is 23.8 Å². The molecule has 0 aliphatic carbocycles. The second kappa shape index (κ2) is 8.86.